The van der Waals surface area contributed by atoms with E-state index in [4.69, 9.17) is 32.4 Å². The normalized spacial score (nSPS) is 10.7. The monoisotopic (exact) mass is 367 g/mol. The second-order valence-electron chi connectivity index (χ2n) is 4.38. The van der Waals surface area contributed by atoms with E-state index in [9.17, 15) is 0 Å². The van der Waals surface area contributed by atoms with Crippen molar-refractivity contribution in [3.8, 4) is 17.2 Å². The van der Waals surface area contributed by atoms with Crippen molar-refractivity contribution in [2.24, 2.45) is 0 Å². The topological polar surface area (TPSA) is 61.0 Å². The van der Waals surface area contributed by atoms with Gasteiger partial charge in [-0.05, 0) is 30.3 Å². The molecular weight excluding hydrogens is 357 g/mol. The van der Waals surface area contributed by atoms with Gasteiger partial charge in [-0.25, -0.2) is 0 Å². The number of nitrogens with zero attached hydrogens (tertiary/aromatic N) is 3. The number of thioether (sulfide) groups is 1. The van der Waals surface area contributed by atoms with Gasteiger partial charge in [0, 0.05) is 28.7 Å². The fourth-order valence-electron chi connectivity index (χ4n) is 1.75. The highest BCUT2D eigenvalue weighted by Gasteiger charge is 2.09. The van der Waals surface area contributed by atoms with Crippen LogP contribution in [-0.2, 0) is 0 Å². The highest BCUT2D eigenvalue weighted by Crippen LogP contribution is 2.28. The van der Waals surface area contributed by atoms with Gasteiger partial charge < -0.3 is 9.15 Å². The lowest BCUT2D eigenvalue weighted by Crippen LogP contribution is -2.00. The summed E-state index contributed by atoms with van der Waals surface area (Å²) in [6, 6.07) is 8.74. The van der Waals surface area contributed by atoms with Crippen LogP contribution in [0.25, 0.3) is 11.5 Å². The molecule has 118 valence electrons. The predicted octanol–water partition coefficient (Wildman–Crippen LogP) is 4.61. The summed E-state index contributed by atoms with van der Waals surface area (Å²) < 4.78 is 11.2. The molecule has 3 rings (SSSR count). The highest BCUT2D eigenvalue weighted by molar-refractivity contribution is 7.99. The Balaban J connectivity index is 1.50. The van der Waals surface area contributed by atoms with Crippen molar-refractivity contribution in [3.63, 3.8) is 0 Å². The molecule has 0 aliphatic rings. The zero-order valence-corrected chi connectivity index (χ0v) is 14.1. The number of benzene rings is 1. The Morgan fingerprint density at radius 3 is 2.70 bits per heavy atom. The standard InChI is InChI=1S/C15H11Cl2N3O2S/c16-11-1-2-13(12(17)9-11)21-7-8-23-15-20-19-14(22-15)10-3-5-18-6-4-10/h1-6,9H,7-8H2. The number of pyridine rings is 1. The second-order valence-corrected chi connectivity index (χ2v) is 6.27. The van der Waals surface area contributed by atoms with E-state index in [1.165, 1.54) is 11.8 Å². The van der Waals surface area contributed by atoms with Gasteiger partial charge in [0.15, 0.2) is 0 Å². The molecule has 5 nitrogen and oxygen atoms in total. The molecule has 0 spiro atoms. The first-order chi connectivity index (χ1) is 11.2. The van der Waals surface area contributed by atoms with Crippen LogP contribution >= 0.6 is 35.0 Å². The van der Waals surface area contributed by atoms with Crippen molar-refractivity contribution < 1.29 is 9.15 Å². The molecule has 0 amide bonds. The maximum atomic E-state index is 6.03. The second kappa shape index (κ2) is 7.68. The third-order valence-electron chi connectivity index (χ3n) is 2.79. The van der Waals surface area contributed by atoms with Crippen molar-refractivity contribution in [1.82, 2.24) is 15.2 Å². The summed E-state index contributed by atoms with van der Waals surface area (Å²) in [4.78, 5) is 3.95. The van der Waals surface area contributed by atoms with Crippen LogP contribution in [0.15, 0.2) is 52.4 Å². The molecular formula is C15H11Cl2N3O2S. The zero-order valence-electron chi connectivity index (χ0n) is 11.8. The Morgan fingerprint density at radius 2 is 1.91 bits per heavy atom. The molecule has 0 atom stereocenters. The fourth-order valence-corrected chi connectivity index (χ4v) is 2.79. The van der Waals surface area contributed by atoms with E-state index in [1.54, 1.807) is 30.6 Å². The molecule has 0 saturated heterocycles. The summed E-state index contributed by atoms with van der Waals surface area (Å²) in [7, 11) is 0. The quantitative estimate of drug-likeness (QED) is 0.468. The summed E-state index contributed by atoms with van der Waals surface area (Å²) in [6.45, 7) is 0.457. The zero-order chi connectivity index (χ0) is 16.1. The van der Waals surface area contributed by atoms with Crippen molar-refractivity contribution in [1.29, 1.82) is 0 Å². The highest BCUT2D eigenvalue weighted by atomic mass is 35.5. The molecule has 8 heteroatoms. The van der Waals surface area contributed by atoms with Gasteiger partial charge in [-0.3, -0.25) is 4.98 Å². The van der Waals surface area contributed by atoms with Crippen LogP contribution in [-0.4, -0.2) is 27.5 Å². The average molecular weight is 368 g/mol. The lowest BCUT2D eigenvalue weighted by molar-refractivity contribution is 0.343. The van der Waals surface area contributed by atoms with Gasteiger partial charge in [0.2, 0.25) is 5.89 Å². The summed E-state index contributed by atoms with van der Waals surface area (Å²) in [6.07, 6.45) is 3.35. The minimum atomic E-state index is 0.457. The SMILES string of the molecule is Clc1ccc(OCCSc2nnc(-c3ccncc3)o2)c(Cl)c1. The minimum Gasteiger partial charge on any atom is -0.491 e. The molecule has 0 aliphatic heterocycles. The fraction of sp³-hybridized carbons (Fsp3) is 0.133. The smallest absolute Gasteiger partial charge is 0.276 e. The van der Waals surface area contributed by atoms with Crippen LogP contribution in [0.3, 0.4) is 0 Å². The van der Waals surface area contributed by atoms with E-state index in [1.807, 2.05) is 12.1 Å². The molecule has 23 heavy (non-hydrogen) atoms. The Bertz CT molecular complexity index is 783. The van der Waals surface area contributed by atoms with E-state index >= 15 is 0 Å². The van der Waals surface area contributed by atoms with Crippen molar-refractivity contribution >= 4 is 35.0 Å². The average Bonchev–Trinajstić information content (AvgIpc) is 3.03. The third kappa shape index (κ3) is 4.37. The van der Waals surface area contributed by atoms with Crippen LogP contribution < -0.4 is 4.74 Å². The van der Waals surface area contributed by atoms with E-state index in [0.29, 0.717) is 39.3 Å². The molecule has 0 saturated carbocycles. The molecule has 2 heterocycles. The first-order valence-corrected chi connectivity index (χ1v) is 8.41. The van der Waals surface area contributed by atoms with E-state index < -0.39 is 0 Å². The van der Waals surface area contributed by atoms with Gasteiger partial charge in [-0.15, -0.1) is 10.2 Å². The van der Waals surface area contributed by atoms with Gasteiger partial charge in [0.25, 0.3) is 5.22 Å². The van der Waals surface area contributed by atoms with Crippen molar-refractivity contribution in [2.45, 2.75) is 5.22 Å². The van der Waals surface area contributed by atoms with Gasteiger partial charge in [0.1, 0.15) is 5.75 Å². The van der Waals surface area contributed by atoms with Crippen LogP contribution in [0.2, 0.25) is 10.0 Å². The number of hydrogen-bond acceptors (Lipinski definition) is 6. The maximum absolute atomic E-state index is 6.03. The molecule has 0 radical (unpaired) electrons. The van der Waals surface area contributed by atoms with Gasteiger partial charge in [-0.2, -0.15) is 0 Å². The minimum absolute atomic E-state index is 0.457. The van der Waals surface area contributed by atoms with Crippen LogP contribution in [0.4, 0.5) is 0 Å². The number of rotatable bonds is 6. The van der Waals surface area contributed by atoms with E-state index in [0.717, 1.165) is 5.56 Å². The molecule has 3 aromatic rings. The Hall–Kier alpha value is -1.76. The summed E-state index contributed by atoms with van der Waals surface area (Å²) in [5, 5.41) is 9.55. The third-order valence-corrected chi connectivity index (χ3v) is 4.11. The van der Waals surface area contributed by atoms with Crippen LogP contribution in [0.5, 0.6) is 5.75 Å². The Kier molecular flexibility index (Phi) is 5.38. The molecule has 0 N–H and O–H groups in total. The van der Waals surface area contributed by atoms with Gasteiger partial charge >= 0.3 is 0 Å². The van der Waals surface area contributed by atoms with Crippen LogP contribution in [0.1, 0.15) is 0 Å². The number of halogens is 2. The molecule has 1 aromatic carbocycles. The molecule has 0 bridgehead atoms. The lowest BCUT2D eigenvalue weighted by atomic mass is 10.3. The Morgan fingerprint density at radius 1 is 1.09 bits per heavy atom. The van der Waals surface area contributed by atoms with E-state index in [2.05, 4.69) is 15.2 Å². The van der Waals surface area contributed by atoms with E-state index in [-0.39, 0.29) is 0 Å². The van der Waals surface area contributed by atoms with Gasteiger partial charge in [-0.1, -0.05) is 35.0 Å². The van der Waals surface area contributed by atoms with Crippen molar-refractivity contribution in [2.75, 3.05) is 12.4 Å². The number of aromatic nitrogens is 3. The first kappa shape index (κ1) is 16.1. The summed E-state index contributed by atoms with van der Waals surface area (Å²) in [5.74, 6) is 1.72. The largest absolute Gasteiger partial charge is 0.491 e. The maximum Gasteiger partial charge on any atom is 0.276 e. The Labute approximate surface area is 147 Å². The number of hydrogen-bond donors (Lipinski definition) is 0. The van der Waals surface area contributed by atoms with Gasteiger partial charge in [0.05, 0.1) is 11.6 Å². The molecule has 0 aliphatic carbocycles. The molecule has 0 fully saturated rings. The molecule has 2 aromatic heterocycles. The van der Waals surface area contributed by atoms with Crippen molar-refractivity contribution in [3.05, 3.63) is 52.8 Å². The first-order valence-electron chi connectivity index (χ1n) is 6.67. The lowest BCUT2D eigenvalue weighted by Gasteiger charge is -2.06. The summed E-state index contributed by atoms with van der Waals surface area (Å²) >= 11 is 13.3. The summed E-state index contributed by atoms with van der Waals surface area (Å²) in [5.41, 5.74) is 0.837. The molecule has 0 unspecified atom stereocenters. The predicted molar refractivity (Wildman–Crippen MR) is 90.2 cm³/mol. The van der Waals surface area contributed by atoms with Crippen LogP contribution in [0, 0.1) is 0 Å². The number of ether oxygens (including phenoxy) is 1.